The fourth-order valence-electron chi connectivity index (χ4n) is 4.69. The van der Waals surface area contributed by atoms with Crippen LogP contribution in [0, 0.1) is 0 Å². The van der Waals surface area contributed by atoms with Crippen molar-refractivity contribution in [3.05, 3.63) is 70.2 Å². The Balaban J connectivity index is 1.43. The van der Waals surface area contributed by atoms with E-state index in [4.69, 9.17) is 16.3 Å². The van der Waals surface area contributed by atoms with E-state index in [0.717, 1.165) is 0 Å². The Hall–Kier alpha value is -2.99. The molecule has 196 valence electrons. The highest BCUT2D eigenvalue weighted by Crippen LogP contribution is 2.30. The van der Waals surface area contributed by atoms with Crippen LogP contribution < -0.4 is 15.2 Å². The van der Waals surface area contributed by atoms with E-state index in [-0.39, 0.29) is 36.1 Å². The maximum absolute atomic E-state index is 13.6. The molecular weight excluding hydrogens is 518 g/mol. The van der Waals surface area contributed by atoms with Gasteiger partial charge in [-0.3, -0.25) is 4.79 Å². The number of nitrogens with zero attached hydrogens (tertiary/aromatic N) is 5. The number of ether oxygens (including phenoxy) is 1. The van der Waals surface area contributed by atoms with Crippen LogP contribution >= 0.6 is 11.6 Å². The number of halogens is 1. The monoisotopic (exact) mass is 545 g/mol. The van der Waals surface area contributed by atoms with E-state index in [9.17, 15) is 18.3 Å². The summed E-state index contributed by atoms with van der Waals surface area (Å²) in [4.78, 5) is 19.6. The number of hydrogen-bond donors (Lipinski definition) is 1. The zero-order valence-corrected chi connectivity index (χ0v) is 21.7. The summed E-state index contributed by atoms with van der Waals surface area (Å²) in [6.07, 6.45) is 4.96. The van der Waals surface area contributed by atoms with Gasteiger partial charge < -0.3 is 14.7 Å². The van der Waals surface area contributed by atoms with E-state index in [1.54, 1.807) is 42.6 Å². The lowest BCUT2D eigenvalue weighted by atomic mass is 9.95. The van der Waals surface area contributed by atoms with Crippen LogP contribution in [0.5, 0.6) is 5.75 Å². The van der Waals surface area contributed by atoms with Gasteiger partial charge in [-0.05, 0) is 56.0 Å². The molecule has 5 rings (SSSR count). The molecule has 1 saturated heterocycles. The van der Waals surface area contributed by atoms with Crippen molar-refractivity contribution in [2.75, 3.05) is 31.1 Å². The van der Waals surface area contributed by atoms with Gasteiger partial charge >= 0.3 is 5.56 Å². The second kappa shape index (κ2) is 10.8. The van der Waals surface area contributed by atoms with E-state index < -0.39 is 15.6 Å². The Morgan fingerprint density at radius 2 is 1.76 bits per heavy atom. The third-order valence-corrected chi connectivity index (χ3v) is 8.77. The van der Waals surface area contributed by atoms with Crippen LogP contribution in [-0.4, -0.2) is 71.0 Å². The molecule has 1 N–H and O–H groups in total. The molecule has 1 aliphatic heterocycles. The first-order valence-electron chi connectivity index (χ1n) is 12.2. The third kappa shape index (κ3) is 5.49. The number of hydrogen-bond acceptors (Lipinski definition) is 8. The average molecular weight is 546 g/mol. The summed E-state index contributed by atoms with van der Waals surface area (Å²) in [5, 5.41) is 14.8. The van der Waals surface area contributed by atoms with Crippen molar-refractivity contribution in [1.29, 1.82) is 0 Å². The second-order valence-electron chi connectivity index (χ2n) is 9.16. The lowest BCUT2D eigenvalue weighted by molar-refractivity contribution is 0.0658. The summed E-state index contributed by atoms with van der Waals surface area (Å²) in [6, 6.07) is 11.6. The SMILES string of the molecule is O=c1c(O[C@H]2CC[C@@H](O)CC2)c(N2CCN(S(=O)(=O)c3ccccn3)CC2)cnn1-c1cccc(Cl)c1. The predicted molar refractivity (Wildman–Crippen MR) is 139 cm³/mol. The van der Waals surface area contributed by atoms with Gasteiger partial charge in [0.1, 0.15) is 5.69 Å². The quantitative estimate of drug-likeness (QED) is 0.502. The standard InChI is InChI=1S/C25H28ClN5O5S/c26-18-4-3-5-19(16-18)31-25(33)24(36-21-9-7-20(32)8-10-21)22(17-28-31)29-12-14-30(15-13-29)37(34,35)23-6-1-2-11-27-23/h1-6,11,16-17,20-21,32H,7-10,12-15H2/t20-,21+. The smallest absolute Gasteiger partial charge is 0.316 e. The van der Waals surface area contributed by atoms with E-state index >= 15 is 0 Å². The summed E-state index contributed by atoms with van der Waals surface area (Å²) in [6.45, 7) is 1.17. The van der Waals surface area contributed by atoms with Gasteiger partial charge in [-0.2, -0.15) is 14.1 Å². The van der Waals surface area contributed by atoms with Crippen LogP contribution in [0.2, 0.25) is 5.02 Å². The first-order chi connectivity index (χ1) is 17.8. The first kappa shape index (κ1) is 25.7. The zero-order chi connectivity index (χ0) is 26.0. The second-order valence-corrected chi connectivity index (χ2v) is 11.5. The Bertz CT molecular complexity index is 1400. The van der Waals surface area contributed by atoms with Crippen LogP contribution in [0.15, 0.2) is 64.7 Å². The van der Waals surface area contributed by atoms with Gasteiger partial charge in [0.2, 0.25) is 5.75 Å². The highest BCUT2D eigenvalue weighted by atomic mass is 35.5. The van der Waals surface area contributed by atoms with Crippen LogP contribution in [-0.2, 0) is 10.0 Å². The highest BCUT2D eigenvalue weighted by Gasteiger charge is 2.32. The van der Waals surface area contributed by atoms with Crippen molar-refractivity contribution in [2.24, 2.45) is 0 Å². The maximum Gasteiger partial charge on any atom is 0.316 e. The Labute approximate surface area is 220 Å². The fourth-order valence-corrected chi connectivity index (χ4v) is 6.23. The molecule has 3 aromatic rings. The van der Waals surface area contributed by atoms with Crippen molar-refractivity contribution >= 4 is 27.3 Å². The topological polar surface area (TPSA) is 118 Å². The van der Waals surface area contributed by atoms with Crippen molar-refractivity contribution in [2.45, 2.75) is 42.9 Å². The minimum atomic E-state index is -3.71. The number of aromatic nitrogens is 3. The molecule has 0 atom stereocenters. The predicted octanol–water partition coefficient (Wildman–Crippen LogP) is 2.47. The number of pyridine rings is 1. The van der Waals surface area contributed by atoms with Gasteiger partial charge in [0.25, 0.3) is 10.0 Å². The molecule has 1 saturated carbocycles. The van der Waals surface area contributed by atoms with Crippen LogP contribution in [0.3, 0.4) is 0 Å². The molecule has 2 aromatic heterocycles. The van der Waals surface area contributed by atoms with Crippen LogP contribution in [0.1, 0.15) is 25.7 Å². The summed E-state index contributed by atoms with van der Waals surface area (Å²) in [5.41, 5.74) is 0.609. The molecule has 0 radical (unpaired) electrons. The highest BCUT2D eigenvalue weighted by molar-refractivity contribution is 7.89. The molecule has 37 heavy (non-hydrogen) atoms. The first-order valence-corrected chi connectivity index (χ1v) is 14.0. The number of piperazine rings is 1. The Morgan fingerprint density at radius 1 is 1.00 bits per heavy atom. The minimum absolute atomic E-state index is 0.0118. The van der Waals surface area contributed by atoms with Crippen molar-refractivity contribution < 1.29 is 18.3 Å². The molecule has 0 amide bonds. The number of sulfonamides is 1. The number of aliphatic hydroxyl groups excluding tert-OH is 1. The molecule has 10 nitrogen and oxygen atoms in total. The molecule has 1 aromatic carbocycles. The molecule has 1 aliphatic carbocycles. The van der Waals surface area contributed by atoms with Crippen molar-refractivity contribution in [1.82, 2.24) is 19.1 Å². The van der Waals surface area contributed by atoms with E-state index in [1.807, 2.05) is 4.90 Å². The molecule has 0 spiro atoms. The number of anilines is 1. The number of benzene rings is 1. The maximum atomic E-state index is 13.6. The molecule has 2 fully saturated rings. The zero-order valence-electron chi connectivity index (χ0n) is 20.1. The summed E-state index contributed by atoms with van der Waals surface area (Å²) < 4.78 is 34.9. The Kier molecular flexibility index (Phi) is 7.47. The van der Waals surface area contributed by atoms with E-state index in [2.05, 4.69) is 10.1 Å². The minimum Gasteiger partial charge on any atom is -0.483 e. The van der Waals surface area contributed by atoms with Crippen molar-refractivity contribution in [3.63, 3.8) is 0 Å². The Morgan fingerprint density at radius 3 is 2.43 bits per heavy atom. The largest absolute Gasteiger partial charge is 0.483 e. The van der Waals surface area contributed by atoms with E-state index in [0.29, 0.717) is 55.2 Å². The molecule has 3 heterocycles. The van der Waals surface area contributed by atoms with Crippen molar-refractivity contribution in [3.8, 4) is 11.4 Å². The molecule has 0 unspecified atom stereocenters. The van der Waals surface area contributed by atoms with Gasteiger partial charge in [0.15, 0.2) is 5.03 Å². The third-order valence-electron chi connectivity index (χ3n) is 6.72. The molecular formula is C25H28ClN5O5S. The fraction of sp³-hybridized carbons (Fsp3) is 0.400. The van der Waals surface area contributed by atoms with Crippen LogP contribution in [0.25, 0.3) is 5.69 Å². The molecule has 0 bridgehead atoms. The normalized spacial score (nSPS) is 21.1. The average Bonchev–Trinajstić information content (AvgIpc) is 2.91. The molecule has 12 heteroatoms. The summed E-state index contributed by atoms with van der Waals surface area (Å²) in [5.74, 6) is 0.164. The lowest BCUT2D eigenvalue weighted by Crippen LogP contribution is -2.49. The van der Waals surface area contributed by atoms with Crippen LogP contribution in [0.4, 0.5) is 5.69 Å². The van der Waals surface area contributed by atoms with Gasteiger partial charge in [-0.25, -0.2) is 13.4 Å². The van der Waals surface area contributed by atoms with Gasteiger partial charge in [-0.15, -0.1) is 0 Å². The van der Waals surface area contributed by atoms with E-state index in [1.165, 1.54) is 21.3 Å². The van der Waals surface area contributed by atoms with Gasteiger partial charge in [0.05, 0.1) is 24.1 Å². The number of aliphatic hydroxyl groups is 1. The summed E-state index contributed by atoms with van der Waals surface area (Å²) in [7, 11) is -3.71. The number of rotatable bonds is 6. The lowest BCUT2D eigenvalue weighted by Gasteiger charge is -2.36. The van der Waals surface area contributed by atoms with Gasteiger partial charge in [0, 0.05) is 37.4 Å². The summed E-state index contributed by atoms with van der Waals surface area (Å²) >= 11 is 6.14. The van der Waals surface area contributed by atoms with Gasteiger partial charge in [-0.1, -0.05) is 23.7 Å². The molecule has 2 aliphatic rings.